The van der Waals surface area contributed by atoms with E-state index in [4.69, 9.17) is 10.4 Å². The van der Waals surface area contributed by atoms with Gasteiger partial charge in [0, 0.05) is 0 Å². The summed E-state index contributed by atoms with van der Waals surface area (Å²) in [6.45, 7) is 1.68. The van der Waals surface area contributed by atoms with Gasteiger partial charge in [-0.3, -0.25) is 10.4 Å². The van der Waals surface area contributed by atoms with Crippen LogP contribution in [-0.4, -0.2) is 28.3 Å². The second-order valence-electron chi connectivity index (χ2n) is 0.988. The van der Waals surface area contributed by atoms with Gasteiger partial charge >= 0.3 is 35.7 Å². The molecule has 5 nitrogen and oxygen atoms in total. The zero-order chi connectivity index (χ0) is 6.57. The standard InChI is InChI=1S/C3H7NO4.Na.H/c1-2-8-3(5)4(6)7;;/h6-7H,2H2,1H3;;/q;+1;-1. The molecule has 0 fully saturated rings. The fraction of sp³-hybridized carbons (Fsp3) is 0.667. The van der Waals surface area contributed by atoms with Gasteiger partial charge in [-0.2, -0.15) is 0 Å². The van der Waals surface area contributed by atoms with Crippen LogP contribution in [-0.2, 0) is 4.74 Å². The van der Waals surface area contributed by atoms with Gasteiger partial charge in [0.15, 0.2) is 0 Å². The molecule has 0 bridgehead atoms. The summed E-state index contributed by atoms with van der Waals surface area (Å²) in [5, 5.41) is 15.1. The minimum Gasteiger partial charge on any atom is -1.00 e. The summed E-state index contributed by atoms with van der Waals surface area (Å²) in [4.78, 5) is 9.95. The van der Waals surface area contributed by atoms with Crippen molar-refractivity contribution >= 4 is 6.09 Å². The second kappa shape index (κ2) is 6.31. The van der Waals surface area contributed by atoms with E-state index < -0.39 is 11.3 Å². The largest absolute Gasteiger partial charge is 1.00 e. The smallest absolute Gasteiger partial charge is 1.00 e. The third-order valence-corrected chi connectivity index (χ3v) is 0.431. The first kappa shape index (κ1) is 11.9. The summed E-state index contributed by atoms with van der Waals surface area (Å²) in [7, 11) is 0. The van der Waals surface area contributed by atoms with Crippen LogP contribution >= 0.6 is 0 Å². The van der Waals surface area contributed by atoms with Gasteiger partial charge in [0.25, 0.3) is 0 Å². The molecule has 2 N–H and O–H groups in total. The van der Waals surface area contributed by atoms with Crippen LogP contribution in [0, 0.1) is 0 Å². The summed E-state index contributed by atoms with van der Waals surface area (Å²) >= 11 is 0. The molecular weight excluding hydrogens is 137 g/mol. The summed E-state index contributed by atoms with van der Waals surface area (Å²) in [6, 6.07) is 0. The normalized spacial score (nSPS) is 7.44. The van der Waals surface area contributed by atoms with Crippen molar-refractivity contribution in [3.05, 3.63) is 0 Å². The van der Waals surface area contributed by atoms with E-state index in [1.165, 1.54) is 0 Å². The van der Waals surface area contributed by atoms with E-state index in [9.17, 15) is 4.79 Å². The maximum atomic E-state index is 9.95. The Labute approximate surface area is 75.9 Å². The number of carbonyl (C=O) groups is 1. The summed E-state index contributed by atoms with van der Waals surface area (Å²) in [5.41, 5.74) is 0. The van der Waals surface area contributed by atoms with Crippen molar-refractivity contribution in [2.75, 3.05) is 6.61 Å². The molecule has 1 amide bonds. The molecule has 0 rings (SSSR count). The van der Waals surface area contributed by atoms with E-state index in [0.29, 0.717) is 0 Å². The number of rotatable bonds is 1. The van der Waals surface area contributed by atoms with Gasteiger partial charge in [-0.05, 0) is 6.92 Å². The Morgan fingerprint density at radius 3 is 2.33 bits per heavy atom. The molecule has 9 heavy (non-hydrogen) atoms. The molecule has 0 aromatic heterocycles. The monoisotopic (exact) mass is 145 g/mol. The molecule has 0 aliphatic heterocycles. The van der Waals surface area contributed by atoms with Gasteiger partial charge in [-0.25, -0.2) is 4.79 Å². The van der Waals surface area contributed by atoms with Crippen molar-refractivity contribution in [1.29, 1.82) is 0 Å². The molecule has 0 heterocycles. The molecule has 0 aromatic carbocycles. The van der Waals surface area contributed by atoms with Gasteiger partial charge in [-0.15, -0.1) is 0 Å². The van der Waals surface area contributed by atoms with Crippen LogP contribution in [0.2, 0.25) is 0 Å². The zero-order valence-corrected chi connectivity index (χ0v) is 7.37. The predicted octanol–water partition coefficient (Wildman–Crippen LogP) is -2.66. The molecule has 0 aromatic rings. The fourth-order valence-corrected chi connectivity index (χ4v) is 0.181. The molecule has 0 aliphatic rings. The minimum absolute atomic E-state index is 0. The minimum atomic E-state index is -1.17. The Morgan fingerprint density at radius 1 is 1.78 bits per heavy atom. The number of hydrogen-bond acceptors (Lipinski definition) is 4. The van der Waals surface area contributed by atoms with Crippen LogP contribution < -0.4 is 29.6 Å². The molecular formula is C3H8NNaO4. The van der Waals surface area contributed by atoms with Crippen molar-refractivity contribution in [2.45, 2.75) is 6.92 Å². The maximum Gasteiger partial charge on any atom is 1.00 e. The van der Waals surface area contributed by atoms with Crippen LogP contribution in [0.15, 0.2) is 0 Å². The van der Waals surface area contributed by atoms with E-state index in [-0.39, 0.29) is 37.6 Å². The maximum absolute atomic E-state index is 9.95. The van der Waals surface area contributed by atoms with Crippen LogP contribution in [0.4, 0.5) is 4.79 Å². The van der Waals surface area contributed by atoms with Gasteiger partial charge in [0.05, 0.1) is 6.61 Å². The second-order valence-corrected chi connectivity index (χ2v) is 0.988. The topological polar surface area (TPSA) is 70.0 Å². The first-order valence-electron chi connectivity index (χ1n) is 2.03. The van der Waals surface area contributed by atoms with Gasteiger partial charge in [0.2, 0.25) is 0 Å². The Kier molecular flexibility index (Phi) is 8.36. The number of hydrogen-bond donors (Lipinski definition) is 2. The summed E-state index contributed by atoms with van der Waals surface area (Å²) in [5.74, 6) is 0. The number of nitrogens with zero attached hydrogens (tertiary/aromatic N) is 1. The van der Waals surface area contributed by atoms with Gasteiger partial charge < -0.3 is 6.16 Å². The Balaban J connectivity index is -0.000000245. The Hall–Kier alpha value is 0.190. The number of hydroxylamine groups is 2. The van der Waals surface area contributed by atoms with E-state index in [0.717, 1.165) is 0 Å². The first-order valence-corrected chi connectivity index (χ1v) is 2.03. The third kappa shape index (κ3) is 6.07. The van der Waals surface area contributed by atoms with Crippen molar-refractivity contribution in [1.82, 2.24) is 5.23 Å². The van der Waals surface area contributed by atoms with Crippen LogP contribution in [0.5, 0.6) is 0 Å². The van der Waals surface area contributed by atoms with Crippen molar-refractivity contribution in [3.8, 4) is 0 Å². The molecule has 0 saturated carbocycles. The number of ether oxygens (including phenoxy) is 1. The van der Waals surface area contributed by atoms with Crippen molar-refractivity contribution in [3.63, 3.8) is 0 Å². The SMILES string of the molecule is CCOC(=O)N(O)O.[H-].[Na+]. The van der Waals surface area contributed by atoms with E-state index in [1.54, 1.807) is 6.92 Å². The Bertz CT molecular complexity index is 90.6. The number of amides is 1. The third-order valence-electron chi connectivity index (χ3n) is 0.431. The molecule has 0 aliphatic carbocycles. The molecule has 50 valence electrons. The fourth-order valence-electron chi connectivity index (χ4n) is 0.181. The van der Waals surface area contributed by atoms with Gasteiger partial charge in [-0.1, -0.05) is 5.23 Å². The van der Waals surface area contributed by atoms with E-state index in [1.807, 2.05) is 0 Å². The average Bonchev–Trinajstić information content (AvgIpc) is 1.67. The van der Waals surface area contributed by atoms with E-state index >= 15 is 0 Å². The average molecular weight is 145 g/mol. The molecule has 6 heteroatoms. The van der Waals surface area contributed by atoms with Crippen molar-refractivity contribution in [2.24, 2.45) is 0 Å². The van der Waals surface area contributed by atoms with Crippen molar-refractivity contribution < 1.29 is 50.9 Å². The molecule has 0 radical (unpaired) electrons. The quantitative estimate of drug-likeness (QED) is 0.240. The van der Waals surface area contributed by atoms with Crippen LogP contribution in [0.3, 0.4) is 0 Å². The predicted molar refractivity (Wildman–Crippen MR) is 23.5 cm³/mol. The van der Waals surface area contributed by atoms with Gasteiger partial charge in [0.1, 0.15) is 0 Å². The summed E-state index contributed by atoms with van der Waals surface area (Å²) < 4.78 is 4.09. The van der Waals surface area contributed by atoms with Crippen LogP contribution in [0.25, 0.3) is 0 Å². The molecule has 0 atom stereocenters. The number of carbonyl (C=O) groups excluding carboxylic acids is 1. The van der Waals surface area contributed by atoms with E-state index in [2.05, 4.69) is 4.74 Å². The molecule has 0 spiro atoms. The van der Waals surface area contributed by atoms with Crippen LogP contribution in [0.1, 0.15) is 8.35 Å². The first-order chi connectivity index (χ1) is 3.68. The molecule has 0 saturated heterocycles. The Morgan fingerprint density at radius 2 is 2.22 bits per heavy atom. The molecule has 0 unspecified atom stereocenters. The summed E-state index contributed by atoms with van der Waals surface area (Å²) in [6.07, 6.45) is -1.17. The zero-order valence-electron chi connectivity index (χ0n) is 6.37.